The maximum Gasteiger partial charge on any atom is 0.119 e. The largest absolute Gasteiger partial charge is 0.494 e. The summed E-state index contributed by atoms with van der Waals surface area (Å²) >= 11 is 4.21. The van der Waals surface area contributed by atoms with Crippen molar-refractivity contribution >= 4 is 12.6 Å². The number of hydrogen-bond donors (Lipinski definition) is 1. The van der Waals surface area contributed by atoms with Crippen LogP contribution in [0.15, 0.2) is 30.3 Å². The van der Waals surface area contributed by atoms with E-state index in [0.29, 0.717) is 0 Å². The Labute approximate surface area is 111 Å². The third kappa shape index (κ3) is 8.14. The van der Waals surface area contributed by atoms with Crippen molar-refractivity contribution in [3.63, 3.8) is 0 Å². The zero-order valence-electron chi connectivity index (χ0n) is 10.6. The van der Waals surface area contributed by atoms with E-state index in [9.17, 15) is 0 Å². The van der Waals surface area contributed by atoms with E-state index in [2.05, 4.69) is 12.6 Å². The molecule has 0 amide bonds. The third-order valence-electron chi connectivity index (χ3n) is 2.81. The molecule has 0 atom stereocenters. The zero-order valence-corrected chi connectivity index (χ0v) is 11.5. The molecule has 0 radical (unpaired) electrons. The minimum Gasteiger partial charge on any atom is -0.494 e. The lowest BCUT2D eigenvalue weighted by atomic mass is 10.1. The van der Waals surface area contributed by atoms with Crippen molar-refractivity contribution in [3.05, 3.63) is 30.3 Å². The fraction of sp³-hybridized carbons (Fsp3) is 0.600. The maximum absolute atomic E-state index is 5.64. The molecule has 0 saturated carbocycles. The lowest BCUT2D eigenvalue weighted by Gasteiger charge is -2.05. The lowest BCUT2D eigenvalue weighted by Crippen LogP contribution is -1.96. The minimum absolute atomic E-state index is 0.848. The monoisotopic (exact) mass is 252 g/mol. The summed E-state index contributed by atoms with van der Waals surface area (Å²) < 4.78 is 5.64. The molecule has 1 nitrogen and oxygen atoms in total. The Morgan fingerprint density at radius 1 is 0.765 bits per heavy atom. The molecule has 2 heteroatoms. The van der Waals surface area contributed by atoms with Gasteiger partial charge >= 0.3 is 0 Å². The van der Waals surface area contributed by atoms with Gasteiger partial charge in [0, 0.05) is 0 Å². The topological polar surface area (TPSA) is 9.23 Å². The molecule has 0 aliphatic rings. The molecule has 1 aromatic rings. The number of rotatable bonds is 10. The van der Waals surface area contributed by atoms with Crippen molar-refractivity contribution in [1.29, 1.82) is 0 Å². The van der Waals surface area contributed by atoms with E-state index >= 15 is 0 Å². The summed E-state index contributed by atoms with van der Waals surface area (Å²) in [6.45, 7) is 0.848. The molecule has 0 aliphatic carbocycles. The lowest BCUT2D eigenvalue weighted by molar-refractivity contribution is 0.304. The summed E-state index contributed by atoms with van der Waals surface area (Å²) in [6.07, 6.45) is 9.11. The fourth-order valence-electron chi connectivity index (χ4n) is 1.80. The molecule has 0 fully saturated rings. The van der Waals surface area contributed by atoms with Crippen LogP contribution >= 0.6 is 12.6 Å². The van der Waals surface area contributed by atoms with Gasteiger partial charge < -0.3 is 4.74 Å². The average molecular weight is 252 g/mol. The van der Waals surface area contributed by atoms with Gasteiger partial charge in [0.2, 0.25) is 0 Å². The predicted molar refractivity (Wildman–Crippen MR) is 78.1 cm³/mol. The smallest absolute Gasteiger partial charge is 0.119 e. The molecule has 0 aliphatic heterocycles. The molecule has 0 aromatic heterocycles. The SMILES string of the molecule is SCCCCCCCCCOc1ccccc1. The number of ether oxygens (including phenoxy) is 1. The van der Waals surface area contributed by atoms with Crippen LogP contribution in [0.3, 0.4) is 0 Å². The van der Waals surface area contributed by atoms with Gasteiger partial charge in [0.15, 0.2) is 0 Å². The van der Waals surface area contributed by atoms with Crippen LogP contribution in [0.25, 0.3) is 0 Å². The first-order valence-electron chi connectivity index (χ1n) is 6.72. The highest BCUT2D eigenvalue weighted by atomic mass is 32.1. The molecule has 0 bridgehead atoms. The van der Waals surface area contributed by atoms with Crippen LogP contribution in [0.2, 0.25) is 0 Å². The van der Waals surface area contributed by atoms with Crippen molar-refractivity contribution in [2.75, 3.05) is 12.4 Å². The number of thiol groups is 1. The summed E-state index contributed by atoms with van der Waals surface area (Å²) in [7, 11) is 0. The minimum atomic E-state index is 0.848. The Morgan fingerprint density at radius 2 is 1.35 bits per heavy atom. The van der Waals surface area contributed by atoms with Gasteiger partial charge in [-0.15, -0.1) is 0 Å². The number of para-hydroxylation sites is 1. The van der Waals surface area contributed by atoms with Gasteiger partial charge in [0.1, 0.15) is 5.75 Å². The second kappa shape index (κ2) is 10.5. The van der Waals surface area contributed by atoms with Crippen molar-refractivity contribution in [2.45, 2.75) is 44.9 Å². The van der Waals surface area contributed by atoms with Crippen molar-refractivity contribution in [2.24, 2.45) is 0 Å². The normalized spacial score (nSPS) is 10.4. The summed E-state index contributed by atoms with van der Waals surface area (Å²) in [5.74, 6) is 2.02. The average Bonchev–Trinajstić information content (AvgIpc) is 2.38. The predicted octanol–water partition coefficient (Wildman–Crippen LogP) is 4.73. The van der Waals surface area contributed by atoms with Gasteiger partial charge in [-0.1, -0.05) is 50.3 Å². The summed E-state index contributed by atoms with van der Waals surface area (Å²) in [5, 5.41) is 0. The molecule has 0 heterocycles. The molecule has 0 unspecified atom stereocenters. The van der Waals surface area contributed by atoms with Gasteiger partial charge in [-0.05, 0) is 30.7 Å². The number of benzene rings is 1. The number of unbranched alkanes of at least 4 members (excludes halogenated alkanes) is 6. The van der Waals surface area contributed by atoms with E-state index in [0.717, 1.165) is 18.1 Å². The molecule has 17 heavy (non-hydrogen) atoms. The first kappa shape index (κ1) is 14.4. The van der Waals surface area contributed by atoms with Gasteiger partial charge in [0.25, 0.3) is 0 Å². The standard InChI is InChI=1S/C15H24OS/c17-14-10-5-3-1-2-4-9-13-16-15-11-7-6-8-12-15/h6-8,11-12,17H,1-5,9-10,13-14H2. The quantitative estimate of drug-likeness (QED) is 0.468. The molecule has 0 N–H and O–H groups in total. The van der Waals surface area contributed by atoms with Crippen LogP contribution in [0.5, 0.6) is 5.75 Å². The van der Waals surface area contributed by atoms with E-state index in [1.165, 1.54) is 44.9 Å². The molecule has 0 spiro atoms. The first-order valence-corrected chi connectivity index (χ1v) is 7.35. The Bertz CT molecular complexity index is 261. The summed E-state index contributed by atoms with van der Waals surface area (Å²) in [6, 6.07) is 10.1. The molecular formula is C15H24OS. The van der Waals surface area contributed by atoms with Crippen LogP contribution in [-0.4, -0.2) is 12.4 Å². The molecule has 96 valence electrons. The molecule has 0 saturated heterocycles. The van der Waals surface area contributed by atoms with E-state index in [1.54, 1.807) is 0 Å². The van der Waals surface area contributed by atoms with E-state index < -0.39 is 0 Å². The Kier molecular flexibility index (Phi) is 8.93. The van der Waals surface area contributed by atoms with Crippen LogP contribution in [0.1, 0.15) is 44.9 Å². The third-order valence-corrected chi connectivity index (χ3v) is 3.13. The van der Waals surface area contributed by atoms with Crippen molar-refractivity contribution in [3.8, 4) is 5.75 Å². The second-order valence-electron chi connectivity index (χ2n) is 4.36. The summed E-state index contributed by atoms with van der Waals surface area (Å²) in [5.41, 5.74) is 0. The fourth-order valence-corrected chi connectivity index (χ4v) is 2.03. The van der Waals surface area contributed by atoms with Crippen LogP contribution < -0.4 is 4.74 Å². The van der Waals surface area contributed by atoms with Gasteiger partial charge in [-0.2, -0.15) is 12.6 Å². The zero-order chi connectivity index (χ0) is 12.2. The first-order chi connectivity index (χ1) is 8.43. The van der Waals surface area contributed by atoms with Crippen LogP contribution in [-0.2, 0) is 0 Å². The molecule has 1 rings (SSSR count). The Hall–Kier alpha value is -0.630. The second-order valence-corrected chi connectivity index (χ2v) is 4.81. The van der Waals surface area contributed by atoms with Gasteiger partial charge in [-0.3, -0.25) is 0 Å². The number of hydrogen-bond acceptors (Lipinski definition) is 2. The highest BCUT2D eigenvalue weighted by Crippen LogP contribution is 2.11. The highest BCUT2D eigenvalue weighted by molar-refractivity contribution is 7.80. The van der Waals surface area contributed by atoms with Crippen molar-refractivity contribution in [1.82, 2.24) is 0 Å². The molecular weight excluding hydrogens is 228 g/mol. The Morgan fingerprint density at radius 3 is 2.00 bits per heavy atom. The van der Waals surface area contributed by atoms with E-state index in [-0.39, 0.29) is 0 Å². The van der Waals surface area contributed by atoms with Crippen LogP contribution in [0, 0.1) is 0 Å². The highest BCUT2D eigenvalue weighted by Gasteiger charge is 1.93. The van der Waals surface area contributed by atoms with E-state index in [4.69, 9.17) is 4.74 Å². The van der Waals surface area contributed by atoms with Gasteiger partial charge in [-0.25, -0.2) is 0 Å². The molecule has 1 aromatic carbocycles. The van der Waals surface area contributed by atoms with Gasteiger partial charge in [0.05, 0.1) is 6.61 Å². The van der Waals surface area contributed by atoms with Crippen molar-refractivity contribution < 1.29 is 4.74 Å². The summed E-state index contributed by atoms with van der Waals surface area (Å²) in [4.78, 5) is 0. The van der Waals surface area contributed by atoms with Crippen LogP contribution in [0.4, 0.5) is 0 Å². The Balaban J connectivity index is 1.85. The van der Waals surface area contributed by atoms with E-state index in [1.807, 2.05) is 30.3 Å². The maximum atomic E-state index is 5.64.